The molecule has 0 radical (unpaired) electrons. The summed E-state index contributed by atoms with van der Waals surface area (Å²) in [6.07, 6.45) is 5.32. The van der Waals surface area contributed by atoms with Crippen LogP contribution in [0.1, 0.15) is 24.9 Å². The Hall–Kier alpha value is -0.870. The zero-order chi connectivity index (χ0) is 10.3. The van der Waals surface area contributed by atoms with Gasteiger partial charge in [-0.05, 0) is 13.3 Å². The highest BCUT2D eigenvalue weighted by Gasteiger charge is 2.50. The van der Waals surface area contributed by atoms with Crippen LogP contribution in [0, 0.1) is 5.41 Å². The van der Waals surface area contributed by atoms with Crippen LogP contribution in [0.4, 0.5) is 0 Å². The fraction of sp³-hybridized carbons (Fsp3) is 0.727. The Kier molecular flexibility index (Phi) is 2.07. The number of ether oxygens (including phenoxy) is 1. The van der Waals surface area contributed by atoms with E-state index in [1.165, 1.54) is 12.0 Å². The predicted molar refractivity (Wildman–Crippen MR) is 56.5 cm³/mol. The summed E-state index contributed by atoms with van der Waals surface area (Å²) in [6, 6.07) is 0.459. The van der Waals surface area contributed by atoms with Crippen molar-refractivity contribution in [1.82, 2.24) is 15.1 Å². The Morgan fingerprint density at radius 2 is 2.67 bits per heavy atom. The fourth-order valence-electron chi connectivity index (χ4n) is 2.66. The maximum atomic E-state index is 5.52. The van der Waals surface area contributed by atoms with Gasteiger partial charge in [0.2, 0.25) is 0 Å². The first-order valence-electron chi connectivity index (χ1n) is 5.67. The molecule has 0 bridgehead atoms. The second-order valence-electron chi connectivity index (χ2n) is 4.61. The molecule has 4 heteroatoms. The summed E-state index contributed by atoms with van der Waals surface area (Å²) in [7, 11) is 0. The van der Waals surface area contributed by atoms with Gasteiger partial charge < -0.3 is 10.1 Å². The highest BCUT2D eigenvalue weighted by atomic mass is 16.5. The molecule has 1 spiro atoms. The maximum Gasteiger partial charge on any atom is 0.0553 e. The third-order valence-corrected chi connectivity index (χ3v) is 3.71. The monoisotopic (exact) mass is 207 g/mol. The number of aryl methyl sites for hydroxylation is 1. The highest BCUT2D eigenvalue weighted by Crippen LogP contribution is 2.46. The van der Waals surface area contributed by atoms with E-state index in [9.17, 15) is 0 Å². The van der Waals surface area contributed by atoms with Gasteiger partial charge in [0.15, 0.2) is 0 Å². The molecule has 2 atom stereocenters. The second-order valence-corrected chi connectivity index (χ2v) is 4.61. The first-order chi connectivity index (χ1) is 7.34. The molecular formula is C11H17N3O. The number of hydrogen-bond donors (Lipinski definition) is 1. The summed E-state index contributed by atoms with van der Waals surface area (Å²) < 4.78 is 7.50. The minimum atomic E-state index is 0.363. The molecule has 1 aromatic heterocycles. The Labute approximate surface area is 89.6 Å². The third kappa shape index (κ3) is 1.32. The van der Waals surface area contributed by atoms with Crippen LogP contribution in [-0.4, -0.2) is 29.5 Å². The number of nitrogens with zero attached hydrogens (tertiary/aromatic N) is 2. The second kappa shape index (κ2) is 3.32. The number of nitrogens with one attached hydrogen (secondary N) is 1. The van der Waals surface area contributed by atoms with Crippen LogP contribution in [0.25, 0.3) is 0 Å². The van der Waals surface area contributed by atoms with E-state index in [0.29, 0.717) is 11.5 Å². The van der Waals surface area contributed by atoms with Gasteiger partial charge >= 0.3 is 0 Å². The standard InChI is InChI=1S/C11H17N3O/c1-2-14-6-9(5-13-14)10-11(7-12-10)3-4-15-8-11/h5-6,10,12H,2-4,7-8H2,1H3. The molecule has 0 aromatic carbocycles. The van der Waals surface area contributed by atoms with Crippen LogP contribution in [0.15, 0.2) is 12.4 Å². The average Bonchev–Trinajstić information content (AvgIpc) is 2.85. The van der Waals surface area contributed by atoms with E-state index < -0.39 is 0 Å². The van der Waals surface area contributed by atoms with Gasteiger partial charge in [0.1, 0.15) is 0 Å². The lowest BCUT2D eigenvalue weighted by atomic mass is 9.71. The zero-order valence-electron chi connectivity index (χ0n) is 9.07. The van der Waals surface area contributed by atoms with Gasteiger partial charge in [-0.25, -0.2) is 0 Å². The van der Waals surface area contributed by atoms with E-state index in [0.717, 1.165) is 26.3 Å². The summed E-state index contributed by atoms with van der Waals surface area (Å²) in [4.78, 5) is 0. The summed E-state index contributed by atoms with van der Waals surface area (Å²) in [6.45, 7) is 5.96. The Bertz CT molecular complexity index is 354. The van der Waals surface area contributed by atoms with Crippen molar-refractivity contribution in [3.05, 3.63) is 18.0 Å². The van der Waals surface area contributed by atoms with Crippen LogP contribution in [0.3, 0.4) is 0 Å². The third-order valence-electron chi connectivity index (χ3n) is 3.71. The fourth-order valence-corrected chi connectivity index (χ4v) is 2.66. The molecular weight excluding hydrogens is 190 g/mol. The molecule has 0 amide bonds. The van der Waals surface area contributed by atoms with Crippen molar-refractivity contribution in [1.29, 1.82) is 0 Å². The molecule has 15 heavy (non-hydrogen) atoms. The molecule has 1 N–H and O–H groups in total. The quantitative estimate of drug-likeness (QED) is 0.785. The minimum absolute atomic E-state index is 0.363. The molecule has 2 aliphatic rings. The first kappa shape index (κ1) is 9.36. The number of hydrogen-bond acceptors (Lipinski definition) is 3. The predicted octanol–water partition coefficient (Wildman–Crippen LogP) is 0.954. The van der Waals surface area contributed by atoms with E-state index in [4.69, 9.17) is 4.74 Å². The van der Waals surface area contributed by atoms with Crippen molar-refractivity contribution in [2.24, 2.45) is 5.41 Å². The molecule has 0 aliphatic carbocycles. The van der Waals surface area contributed by atoms with Crippen LogP contribution in [0.5, 0.6) is 0 Å². The molecule has 3 rings (SSSR count). The van der Waals surface area contributed by atoms with Crippen molar-refractivity contribution < 1.29 is 4.74 Å². The highest BCUT2D eigenvalue weighted by molar-refractivity contribution is 5.21. The van der Waals surface area contributed by atoms with Gasteiger partial charge in [0.25, 0.3) is 0 Å². The summed E-state index contributed by atoms with van der Waals surface area (Å²) in [5.41, 5.74) is 1.68. The Balaban J connectivity index is 1.82. The SMILES string of the molecule is CCn1cc(C2NCC23CCOC3)cn1. The van der Waals surface area contributed by atoms with Gasteiger partial charge in [0, 0.05) is 42.9 Å². The van der Waals surface area contributed by atoms with E-state index in [-0.39, 0.29) is 0 Å². The summed E-state index contributed by atoms with van der Waals surface area (Å²) in [5, 5.41) is 7.83. The normalized spacial score (nSPS) is 34.6. The average molecular weight is 207 g/mol. The molecule has 3 heterocycles. The van der Waals surface area contributed by atoms with Gasteiger partial charge in [-0.1, -0.05) is 0 Å². The van der Waals surface area contributed by atoms with Crippen LogP contribution >= 0.6 is 0 Å². The van der Waals surface area contributed by atoms with Gasteiger partial charge in [-0.2, -0.15) is 5.10 Å². The number of rotatable bonds is 2. The van der Waals surface area contributed by atoms with Crippen LogP contribution in [-0.2, 0) is 11.3 Å². The van der Waals surface area contributed by atoms with Gasteiger partial charge in [-0.15, -0.1) is 0 Å². The lowest BCUT2D eigenvalue weighted by Crippen LogP contribution is -2.56. The van der Waals surface area contributed by atoms with E-state index in [2.05, 4.69) is 23.5 Å². The smallest absolute Gasteiger partial charge is 0.0553 e. The van der Waals surface area contributed by atoms with Gasteiger partial charge in [-0.3, -0.25) is 4.68 Å². The van der Waals surface area contributed by atoms with Crippen molar-refractivity contribution in [3.8, 4) is 0 Å². The maximum absolute atomic E-state index is 5.52. The molecule has 1 aromatic rings. The molecule has 2 fully saturated rings. The first-order valence-corrected chi connectivity index (χ1v) is 5.67. The van der Waals surface area contributed by atoms with Crippen molar-refractivity contribution in [2.75, 3.05) is 19.8 Å². The molecule has 2 unspecified atom stereocenters. The molecule has 2 aliphatic heterocycles. The molecule has 2 saturated heterocycles. The van der Waals surface area contributed by atoms with Crippen molar-refractivity contribution >= 4 is 0 Å². The van der Waals surface area contributed by atoms with Crippen molar-refractivity contribution in [3.63, 3.8) is 0 Å². The zero-order valence-corrected chi connectivity index (χ0v) is 9.07. The lowest BCUT2D eigenvalue weighted by Gasteiger charge is -2.46. The summed E-state index contributed by atoms with van der Waals surface area (Å²) in [5.74, 6) is 0. The van der Waals surface area contributed by atoms with Crippen LogP contribution in [0.2, 0.25) is 0 Å². The number of aromatic nitrogens is 2. The minimum Gasteiger partial charge on any atom is -0.381 e. The summed E-state index contributed by atoms with van der Waals surface area (Å²) >= 11 is 0. The van der Waals surface area contributed by atoms with E-state index in [1.807, 2.05) is 10.9 Å². The largest absolute Gasteiger partial charge is 0.381 e. The van der Waals surface area contributed by atoms with Crippen molar-refractivity contribution in [2.45, 2.75) is 25.9 Å². The Morgan fingerprint density at radius 1 is 1.73 bits per heavy atom. The van der Waals surface area contributed by atoms with Crippen LogP contribution < -0.4 is 5.32 Å². The molecule has 4 nitrogen and oxygen atoms in total. The lowest BCUT2D eigenvalue weighted by molar-refractivity contribution is 0.0577. The van der Waals surface area contributed by atoms with Gasteiger partial charge in [0.05, 0.1) is 12.8 Å². The molecule has 0 saturated carbocycles. The van der Waals surface area contributed by atoms with E-state index >= 15 is 0 Å². The Morgan fingerprint density at radius 3 is 3.20 bits per heavy atom. The van der Waals surface area contributed by atoms with E-state index in [1.54, 1.807) is 0 Å². The molecule has 82 valence electrons. The topological polar surface area (TPSA) is 39.1 Å².